The minimum atomic E-state index is -1.26. The van der Waals surface area contributed by atoms with E-state index in [1.54, 1.807) is 6.07 Å². The lowest BCUT2D eigenvalue weighted by Crippen LogP contribution is -2.57. The molecule has 2 aromatic heterocycles. The van der Waals surface area contributed by atoms with Gasteiger partial charge in [-0.2, -0.15) is 0 Å². The molecule has 2 N–H and O–H groups in total. The first-order valence-corrected chi connectivity index (χ1v) is 14.1. The van der Waals surface area contributed by atoms with Gasteiger partial charge < -0.3 is 19.7 Å². The summed E-state index contributed by atoms with van der Waals surface area (Å²) in [6.45, 7) is 2.52. The van der Waals surface area contributed by atoms with Crippen molar-refractivity contribution < 1.29 is 14.6 Å². The van der Waals surface area contributed by atoms with Crippen LogP contribution in [0.4, 0.5) is 10.2 Å². The van der Waals surface area contributed by atoms with Crippen molar-refractivity contribution in [2.75, 3.05) is 18.0 Å². The van der Waals surface area contributed by atoms with Crippen molar-refractivity contribution in [3.05, 3.63) is 87.6 Å². The van der Waals surface area contributed by atoms with Gasteiger partial charge in [0.05, 0.1) is 18.0 Å². The second-order valence-corrected chi connectivity index (χ2v) is 11.8. The Morgan fingerprint density at radius 1 is 1.11 bits per heavy atom. The number of aromatic nitrogens is 3. The number of likely N-dealkylation sites (tertiary alicyclic amines) is 1. The minimum Gasteiger partial charge on any atom is -0.389 e. The number of β-amino-alcohol motifs (C(OH)–C–C–N with tert-alkyl or cyclic N) is 1. The van der Waals surface area contributed by atoms with E-state index >= 15 is 0 Å². The molecule has 38 heavy (non-hydrogen) atoms. The average Bonchev–Trinajstić information content (AvgIpc) is 3.67. The van der Waals surface area contributed by atoms with E-state index in [-0.39, 0.29) is 12.4 Å². The van der Waals surface area contributed by atoms with Crippen LogP contribution in [-0.2, 0) is 19.6 Å². The highest BCUT2D eigenvalue weighted by atomic mass is 127. The maximum Gasteiger partial charge on any atom is 0.145 e. The van der Waals surface area contributed by atoms with Gasteiger partial charge in [0.15, 0.2) is 0 Å². The first-order chi connectivity index (χ1) is 18.4. The number of anilines is 1. The van der Waals surface area contributed by atoms with E-state index in [9.17, 15) is 14.6 Å². The van der Waals surface area contributed by atoms with Crippen LogP contribution in [0, 0.1) is 9.39 Å². The largest absolute Gasteiger partial charge is 0.389 e. The normalized spacial score (nSPS) is 22.2. The van der Waals surface area contributed by atoms with Crippen LogP contribution >= 0.6 is 22.6 Å². The van der Waals surface area contributed by atoms with Crippen LogP contribution in [0.3, 0.4) is 0 Å². The van der Waals surface area contributed by atoms with Crippen molar-refractivity contribution in [1.82, 2.24) is 19.4 Å². The number of hydrogen-bond donors (Lipinski definition) is 2. The molecule has 0 unspecified atom stereocenters. The Hall–Kier alpha value is -2.60. The molecular weight excluding hydrogens is 596 g/mol. The van der Waals surface area contributed by atoms with E-state index < -0.39 is 11.7 Å². The van der Waals surface area contributed by atoms with Crippen LogP contribution in [0.25, 0.3) is 11.0 Å². The summed E-state index contributed by atoms with van der Waals surface area (Å²) in [7, 11) is 0. The number of benzene rings is 2. The first kappa shape index (κ1) is 25.7. The molecular formula is C29H31FIN5O2. The number of piperidine rings is 1. The Kier molecular flexibility index (Phi) is 7.10. The summed E-state index contributed by atoms with van der Waals surface area (Å²) in [5.74, 6) is 0.569. The Morgan fingerprint density at radius 2 is 1.92 bits per heavy atom. The van der Waals surface area contributed by atoms with Crippen molar-refractivity contribution in [1.29, 1.82) is 0 Å². The summed E-state index contributed by atoms with van der Waals surface area (Å²) in [6, 6.07) is 17.8. The summed E-state index contributed by atoms with van der Waals surface area (Å²) in [4.78, 5) is 13.5. The number of rotatable bonds is 8. The summed E-state index contributed by atoms with van der Waals surface area (Å²) in [6.07, 6.45) is 5.11. The highest BCUT2D eigenvalue weighted by Gasteiger charge is 2.41. The lowest BCUT2D eigenvalue weighted by Gasteiger charge is -2.42. The maximum absolute atomic E-state index is 14.7. The minimum absolute atomic E-state index is 0.208. The molecule has 2 fully saturated rings. The van der Waals surface area contributed by atoms with Gasteiger partial charge in [0.2, 0.25) is 0 Å². The number of aliphatic hydroxyl groups is 2. The quantitative estimate of drug-likeness (QED) is 0.283. The van der Waals surface area contributed by atoms with Gasteiger partial charge >= 0.3 is 0 Å². The van der Waals surface area contributed by atoms with Crippen molar-refractivity contribution in [3.8, 4) is 0 Å². The predicted octanol–water partition coefficient (Wildman–Crippen LogP) is 4.34. The van der Waals surface area contributed by atoms with E-state index in [1.807, 2.05) is 47.2 Å². The third-order valence-corrected chi connectivity index (χ3v) is 8.43. The average molecular weight is 628 g/mol. The fourth-order valence-electron chi connectivity index (χ4n) is 5.43. The van der Waals surface area contributed by atoms with Crippen LogP contribution in [0.5, 0.6) is 0 Å². The smallest absolute Gasteiger partial charge is 0.145 e. The van der Waals surface area contributed by atoms with Gasteiger partial charge in [-0.15, -0.1) is 0 Å². The number of nitrogens with zero attached hydrogens (tertiary/aromatic N) is 5. The van der Waals surface area contributed by atoms with Gasteiger partial charge in [-0.1, -0.05) is 36.4 Å². The second-order valence-electron chi connectivity index (χ2n) is 10.6. The molecule has 2 aliphatic rings. The van der Waals surface area contributed by atoms with E-state index in [2.05, 4.69) is 54.5 Å². The Labute approximate surface area is 235 Å². The number of halogens is 2. The van der Waals surface area contributed by atoms with Crippen molar-refractivity contribution in [2.45, 2.75) is 56.6 Å². The molecule has 2 aromatic carbocycles. The second kappa shape index (κ2) is 10.5. The highest BCUT2D eigenvalue weighted by Crippen LogP contribution is 2.36. The molecule has 4 aromatic rings. The van der Waals surface area contributed by atoms with E-state index in [4.69, 9.17) is 0 Å². The SMILES string of the molecule is O[C@@H]1CN(Cc2ccccc2)CC[C@@]1(O)Cn1ccc2c(N(Cc3ccc(I)cc3F)C3CC3)ncnc21. The lowest BCUT2D eigenvalue weighted by molar-refractivity contribution is -0.128. The van der Waals surface area contributed by atoms with Gasteiger partial charge in [-0.05, 0) is 65.6 Å². The molecule has 198 valence electrons. The number of hydrogen-bond acceptors (Lipinski definition) is 6. The predicted molar refractivity (Wildman–Crippen MR) is 153 cm³/mol. The van der Waals surface area contributed by atoms with Gasteiger partial charge in [0.1, 0.15) is 29.2 Å². The monoisotopic (exact) mass is 627 g/mol. The molecule has 7 nitrogen and oxygen atoms in total. The van der Waals surface area contributed by atoms with Crippen molar-refractivity contribution in [3.63, 3.8) is 0 Å². The summed E-state index contributed by atoms with van der Waals surface area (Å²) in [5, 5.41) is 23.4. The molecule has 2 atom stereocenters. The zero-order valence-electron chi connectivity index (χ0n) is 21.0. The van der Waals surface area contributed by atoms with E-state index in [1.165, 1.54) is 11.9 Å². The molecule has 0 spiro atoms. The van der Waals surface area contributed by atoms with Crippen LogP contribution in [0.2, 0.25) is 0 Å². The van der Waals surface area contributed by atoms with Crippen LogP contribution in [0.15, 0.2) is 67.1 Å². The first-order valence-electron chi connectivity index (χ1n) is 13.1. The topological polar surface area (TPSA) is 77.7 Å². The molecule has 1 saturated heterocycles. The molecule has 6 rings (SSSR count). The Bertz CT molecular complexity index is 1430. The zero-order valence-corrected chi connectivity index (χ0v) is 23.2. The Morgan fingerprint density at radius 3 is 2.66 bits per heavy atom. The summed E-state index contributed by atoms with van der Waals surface area (Å²) < 4.78 is 17.5. The lowest BCUT2D eigenvalue weighted by atomic mass is 9.88. The molecule has 3 heterocycles. The van der Waals surface area contributed by atoms with Crippen molar-refractivity contribution >= 4 is 39.4 Å². The third-order valence-electron chi connectivity index (χ3n) is 7.76. The standard InChI is InChI=1S/C29H31FIN5O2/c30-25-14-22(31)7-6-21(25)16-36(23-8-9-23)28-24-10-12-35(27(24)32-19-33-28)18-29(38)11-13-34(17-26(29)37)15-20-4-2-1-3-5-20/h1-7,10,12,14,19,23,26,37-38H,8-9,11,13,15-18H2/t26-,29-/m1/s1. The number of aliphatic hydroxyl groups excluding tert-OH is 1. The Balaban J connectivity index is 1.22. The molecule has 1 aliphatic heterocycles. The fourth-order valence-corrected chi connectivity index (χ4v) is 5.89. The molecule has 0 bridgehead atoms. The van der Waals surface area contributed by atoms with Crippen LogP contribution < -0.4 is 4.90 Å². The van der Waals surface area contributed by atoms with Gasteiger partial charge in [-0.3, -0.25) is 4.90 Å². The van der Waals surface area contributed by atoms with Crippen LogP contribution in [0.1, 0.15) is 30.4 Å². The van der Waals surface area contributed by atoms with Crippen LogP contribution in [-0.4, -0.2) is 60.5 Å². The highest BCUT2D eigenvalue weighted by molar-refractivity contribution is 14.1. The maximum atomic E-state index is 14.7. The molecule has 9 heteroatoms. The van der Waals surface area contributed by atoms with Gasteiger partial charge in [0.25, 0.3) is 0 Å². The molecule has 0 amide bonds. The summed E-state index contributed by atoms with van der Waals surface area (Å²) >= 11 is 2.12. The third kappa shape index (κ3) is 5.29. The molecule has 1 saturated carbocycles. The van der Waals surface area contributed by atoms with Gasteiger partial charge in [-0.25, -0.2) is 14.4 Å². The van der Waals surface area contributed by atoms with E-state index in [0.717, 1.165) is 34.2 Å². The molecule has 1 aliphatic carbocycles. The molecule has 0 radical (unpaired) electrons. The zero-order chi connectivity index (χ0) is 26.3. The van der Waals surface area contributed by atoms with E-state index in [0.29, 0.717) is 43.3 Å². The summed E-state index contributed by atoms with van der Waals surface area (Å²) in [5.41, 5.74) is 1.28. The number of fused-ring (bicyclic) bond motifs is 1. The fraction of sp³-hybridized carbons (Fsp3) is 0.379. The van der Waals surface area contributed by atoms with Gasteiger partial charge in [0, 0.05) is 47.6 Å². The van der Waals surface area contributed by atoms with Crippen molar-refractivity contribution in [2.24, 2.45) is 0 Å².